The first-order chi connectivity index (χ1) is 13.2. The minimum absolute atomic E-state index is 0.125. The highest BCUT2D eigenvalue weighted by Crippen LogP contribution is 2.35. The number of anilines is 2. The minimum atomic E-state index is -3.75. The summed E-state index contributed by atoms with van der Waals surface area (Å²) in [5, 5.41) is 3.15. The molecule has 1 atom stereocenters. The molecule has 0 fully saturated rings. The maximum atomic E-state index is 13.0. The van der Waals surface area contributed by atoms with Crippen LogP contribution in [0.4, 0.5) is 11.4 Å². The topological polar surface area (TPSA) is 84.9 Å². The van der Waals surface area contributed by atoms with Crippen LogP contribution in [0.5, 0.6) is 11.5 Å². The summed E-state index contributed by atoms with van der Waals surface area (Å²) in [4.78, 5) is 13.0. The summed E-state index contributed by atoms with van der Waals surface area (Å²) < 4.78 is 36.8. The first-order valence-corrected chi connectivity index (χ1v) is 10.9. The van der Waals surface area contributed by atoms with Gasteiger partial charge in [-0.3, -0.25) is 9.10 Å². The molecule has 7 nitrogen and oxygen atoms in total. The van der Waals surface area contributed by atoms with Crippen molar-refractivity contribution < 1.29 is 22.7 Å². The van der Waals surface area contributed by atoms with Gasteiger partial charge >= 0.3 is 0 Å². The van der Waals surface area contributed by atoms with Crippen LogP contribution in [-0.4, -0.2) is 33.4 Å². The Morgan fingerprint density at radius 2 is 1.93 bits per heavy atom. The van der Waals surface area contributed by atoms with Gasteiger partial charge in [0.1, 0.15) is 6.04 Å². The van der Waals surface area contributed by atoms with Crippen molar-refractivity contribution in [3.8, 4) is 11.5 Å². The molecule has 0 aliphatic carbocycles. The van der Waals surface area contributed by atoms with Crippen LogP contribution in [-0.2, 0) is 14.8 Å². The summed E-state index contributed by atoms with van der Waals surface area (Å²) >= 11 is 6.07. The Morgan fingerprint density at radius 3 is 2.61 bits per heavy atom. The molecule has 0 aromatic heterocycles. The molecule has 1 N–H and O–H groups in total. The van der Waals surface area contributed by atoms with Crippen molar-refractivity contribution in [1.82, 2.24) is 0 Å². The van der Waals surface area contributed by atoms with Crippen LogP contribution in [0.2, 0.25) is 5.02 Å². The highest BCUT2D eigenvalue weighted by molar-refractivity contribution is 7.92. The third kappa shape index (κ3) is 4.18. The maximum absolute atomic E-state index is 13.0. The molecule has 0 spiro atoms. The molecule has 0 saturated carbocycles. The Bertz CT molecular complexity index is 1010. The van der Waals surface area contributed by atoms with Crippen LogP contribution in [0, 0.1) is 6.92 Å². The minimum Gasteiger partial charge on any atom is -0.454 e. The van der Waals surface area contributed by atoms with E-state index in [-0.39, 0.29) is 13.2 Å². The number of benzene rings is 2. The molecular weight excluding hydrogens is 404 g/mol. The van der Waals surface area contributed by atoms with Gasteiger partial charge in [0.2, 0.25) is 22.7 Å². The van der Waals surface area contributed by atoms with Gasteiger partial charge in [0.05, 0.1) is 11.9 Å². The lowest BCUT2D eigenvalue weighted by Crippen LogP contribution is -2.47. The van der Waals surface area contributed by atoms with E-state index in [0.29, 0.717) is 33.5 Å². The van der Waals surface area contributed by atoms with Gasteiger partial charge < -0.3 is 14.8 Å². The zero-order valence-corrected chi connectivity index (χ0v) is 17.3. The number of fused-ring (bicyclic) bond motifs is 1. The Hall–Kier alpha value is -2.45. The normalized spacial score (nSPS) is 13.9. The van der Waals surface area contributed by atoms with E-state index in [9.17, 15) is 13.2 Å². The third-order valence-electron chi connectivity index (χ3n) is 4.38. The molecule has 2 aromatic carbocycles. The number of nitrogens with one attached hydrogen (secondary N) is 1. The van der Waals surface area contributed by atoms with Crippen LogP contribution >= 0.6 is 11.6 Å². The average Bonchev–Trinajstić information content (AvgIpc) is 3.08. The van der Waals surface area contributed by atoms with E-state index < -0.39 is 22.0 Å². The molecular formula is C19H21ClN2O5S. The monoisotopic (exact) mass is 424 g/mol. The lowest BCUT2D eigenvalue weighted by Gasteiger charge is -2.31. The average molecular weight is 425 g/mol. The summed E-state index contributed by atoms with van der Waals surface area (Å²) in [6, 6.07) is 9.00. The van der Waals surface area contributed by atoms with Crippen LogP contribution in [0.3, 0.4) is 0 Å². The molecule has 2 aromatic rings. The highest BCUT2D eigenvalue weighted by atomic mass is 35.5. The molecule has 1 aliphatic rings. The number of halogens is 1. The molecule has 0 saturated heterocycles. The fraction of sp³-hybridized carbons (Fsp3) is 0.316. The fourth-order valence-corrected chi connectivity index (χ4v) is 4.48. The van der Waals surface area contributed by atoms with Crippen molar-refractivity contribution in [3.63, 3.8) is 0 Å². The number of carbonyl (C=O) groups excluding carboxylic acids is 1. The Labute approximate surface area is 169 Å². The van der Waals surface area contributed by atoms with Gasteiger partial charge in [0, 0.05) is 16.8 Å². The van der Waals surface area contributed by atoms with Crippen LogP contribution < -0.4 is 19.1 Å². The van der Waals surface area contributed by atoms with E-state index in [1.807, 2.05) is 0 Å². The van der Waals surface area contributed by atoms with Gasteiger partial charge in [0.25, 0.3) is 0 Å². The largest absolute Gasteiger partial charge is 0.454 e. The lowest BCUT2D eigenvalue weighted by molar-refractivity contribution is -0.117. The second-order valence-electron chi connectivity index (χ2n) is 6.47. The second-order valence-corrected chi connectivity index (χ2v) is 8.77. The van der Waals surface area contributed by atoms with Crippen molar-refractivity contribution in [2.45, 2.75) is 26.3 Å². The molecule has 0 radical (unpaired) electrons. The molecule has 1 aliphatic heterocycles. The third-order valence-corrected chi connectivity index (χ3v) is 5.78. The number of hydrogen-bond donors (Lipinski definition) is 1. The van der Waals surface area contributed by atoms with E-state index in [1.165, 1.54) is 0 Å². The Morgan fingerprint density at radius 1 is 1.21 bits per heavy atom. The van der Waals surface area contributed by atoms with Crippen molar-refractivity contribution in [3.05, 3.63) is 47.0 Å². The van der Waals surface area contributed by atoms with Crippen LogP contribution in [0.1, 0.15) is 18.9 Å². The fourth-order valence-electron chi connectivity index (χ4n) is 3.06. The number of ether oxygens (including phenoxy) is 2. The van der Waals surface area contributed by atoms with Crippen molar-refractivity contribution >= 4 is 38.9 Å². The molecule has 3 rings (SSSR count). The van der Waals surface area contributed by atoms with Gasteiger partial charge in [-0.05, 0) is 43.2 Å². The second kappa shape index (κ2) is 7.89. The summed E-state index contributed by atoms with van der Waals surface area (Å²) in [6.45, 7) is 3.65. The van der Waals surface area contributed by atoms with E-state index >= 15 is 0 Å². The number of nitrogens with zero attached hydrogens (tertiary/aromatic N) is 1. The van der Waals surface area contributed by atoms with E-state index in [0.717, 1.165) is 10.6 Å². The summed E-state index contributed by atoms with van der Waals surface area (Å²) in [7, 11) is -3.75. The van der Waals surface area contributed by atoms with Crippen molar-refractivity contribution in [1.29, 1.82) is 0 Å². The lowest BCUT2D eigenvalue weighted by atomic mass is 10.1. The van der Waals surface area contributed by atoms with Gasteiger partial charge in [-0.15, -0.1) is 0 Å². The standard InChI is InChI=1S/C19H21ClN2O5S/c1-4-15(19(23)21-14-7-8-17-18(10-14)27-11-26-17)22(28(3,24)25)16-9-13(20)6-5-12(16)2/h5-10,15H,4,11H2,1-3H3,(H,21,23)/t15-/m1/s1. The zero-order valence-electron chi connectivity index (χ0n) is 15.7. The van der Waals surface area contributed by atoms with Gasteiger partial charge in [0.15, 0.2) is 11.5 Å². The predicted octanol–water partition coefficient (Wildman–Crippen LogP) is 3.56. The molecule has 1 heterocycles. The number of sulfonamides is 1. The van der Waals surface area contributed by atoms with E-state index in [1.54, 1.807) is 50.2 Å². The van der Waals surface area contributed by atoms with E-state index in [4.69, 9.17) is 21.1 Å². The zero-order chi connectivity index (χ0) is 20.5. The molecule has 150 valence electrons. The maximum Gasteiger partial charge on any atom is 0.248 e. The van der Waals surface area contributed by atoms with Gasteiger partial charge in [-0.25, -0.2) is 8.42 Å². The molecule has 0 unspecified atom stereocenters. The molecule has 9 heteroatoms. The summed E-state index contributed by atoms with van der Waals surface area (Å²) in [5.41, 5.74) is 1.57. The first kappa shape index (κ1) is 20.3. The molecule has 0 bridgehead atoms. The predicted molar refractivity (Wildman–Crippen MR) is 109 cm³/mol. The SMILES string of the molecule is CC[C@H](C(=O)Nc1ccc2c(c1)OCO2)N(c1cc(Cl)ccc1C)S(C)(=O)=O. The Kier molecular flexibility index (Phi) is 5.71. The van der Waals surface area contributed by atoms with E-state index in [2.05, 4.69) is 5.32 Å². The van der Waals surface area contributed by atoms with Crippen LogP contribution in [0.25, 0.3) is 0 Å². The Balaban J connectivity index is 1.94. The highest BCUT2D eigenvalue weighted by Gasteiger charge is 2.32. The number of aryl methyl sites for hydroxylation is 1. The summed E-state index contributed by atoms with van der Waals surface area (Å²) in [5.74, 6) is 0.667. The number of amides is 1. The first-order valence-electron chi connectivity index (χ1n) is 8.66. The van der Waals surface area contributed by atoms with Crippen LogP contribution in [0.15, 0.2) is 36.4 Å². The molecule has 28 heavy (non-hydrogen) atoms. The van der Waals surface area contributed by atoms with Gasteiger partial charge in [-0.2, -0.15) is 0 Å². The number of hydrogen-bond acceptors (Lipinski definition) is 5. The quantitative estimate of drug-likeness (QED) is 0.766. The summed E-state index contributed by atoms with van der Waals surface area (Å²) in [6.07, 6.45) is 1.35. The van der Waals surface area contributed by atoms with Gasteiger partial charge in [-0.1, -0.05) is 24.6 Å². The smallest absolute Gasteiger partial charge is 0.248 e. The molecule has 1 amide bonds. The number of carbonyl (C=O) groups is 1. The van der Waals surface area contributed by atoms with Crippen molar-refractivity contribution in [2.24, 2.45) is 0 Å². The van der Waals surface area contributed by atoms with Crippen molar-refractivity contribution in [2.75, 3.05) is 22.7 Å². The number of rotatable bonds is 6.